The van der Waals surface area contributed by atoms with E-state index in [0.717, 1.165) is 21.7 Å². The van der Waals surface area contributed by atoms with Crippen molar-refractivity contribution in [3.05, 3.63) is 101 Å². The molecule has 0 aromatic heterocycles. The number of benzene rings is 3. The Hall–Kier alpha value is -4.75. The lowest BCUT2D eigenvalue weighted by atomic mass is 9.99. The Labute approximate surface area is 256 Å². The van der Waals surface area contributed by atoms with E-state index in [1.165, 1.54) is 25.2 Å². The van der Waals surface area contributed by atoms with E-state index < -0.39 is 39.9 Å². The molecule has 44 heavy (non-hydrogen) atoms. The average Bonchev–Trinajstić information content (AvgIpc) is 3.53. The van der Waals surface area contributed by atoms with Crippen LogP contribution in [0.4, 0.5) is 5.69 Å². The second kappa shape index (κ2) is 14.1. The van der Waals surface area contributed by atoms with Gasteiger partial charge < -0.3 is 21.1 Å². The fourth-order valence-electron chi connectivity index (χ4n) is 4.57. The Kier molecular flexibility index (Phi) is 10.3. The highest BCUT2D eigenvalue weighted by Crippen LogP contribution is 2.22. The van der Waals surface area contributed by atoms with Crippen molar-refractivity contribution in [3.8, 4) is 0 Å². The monoisotopic (exact) mass is 620 g/mol. The normalized spacial score (nSPS) is 14.8. The minimum absolute atomic E-state index is 0.0389. The molecule has 0 saturated carbocycles. The van der Waals surface area contributed by atoms with Gasteiger partial charge in [0.15, 0.2) is 12.1 Å². The first kappa shape index (κ1) is 32.2. The minimum atomic E-state index is -3.75. The van der Waals surface area contributed by atoms with Crippen LogP contribution in [-0.4, -0.2) is 75.7 Å². The SMILES string of the molecule is C[C@@H](NC(=O)c1cc(C(=O)N[C@@H](Cc2ccccc2)[C@@H](O)C(=O)NC2=NCCN2)cc(N(C)S(C)(=O)=O)c1)c1ccccc1. The second-order valence-corrected chi connectivity index (χ2v) is 12.5. The summed E-state index contributed by atoms with van der Waals surface area (Å²) in [5.74, 6) is -1.78. The van der Waals surface area contributed by atoms with Gasteiger partial charge in [0.05, 0.1) is 30.6 Å². The summed E-state index contributed by atoms with van der Waals surface area (Å²) in [6.45, 7) is 2.84. The first-order chi connectivity index (χ1) is 20.9. The third kappa shape index (κ3) is 8.42. The number of sulfonamides is 1. The number of aliphatic hydroxyl groups excluding tert-OH is 1. The summed E-state index contributed by atoms with van der Waals surface area (Å²) in [6.07, 6.45) is -0.558. The topological polar surface area (TPSA) is 169 Å². The van der Waals surface area contributed by atoms with Crippen LogP contribution in [0, 0.1) is 0 Å². The Morgan fingerprint density at radius 3 is 2.11 bits per heavy atom. The molecule has 0 fully saturated rings. The summed E-state index contributed by atoms with van der Waals surface area (Å²) in [7, 11) is -2.43. The summed E-state index contributed by atoms with van der Waals surface area (Å²) in [6, 6.07) is 20.9. The Morgan fingerprint density at radius 2 is 1.55 bits per heavy atom. The van der Waals surface area contributed by atoms with Gasteiger partial charge in [0.2, 0.25) is 10.0 Å². The summed E-state index contributed by atoms with van der Waals surface area (Å²) in [4.78, 5) is 44.0. The van der Waals surface area contributed by atoms with Crippen LogP contribution in [-0.2, 0) is 21.2 Å². The number of nitrogens with zero attached hydrogens (tertiary/aromatic N) is 2. The van der Waals surface area contributed by atoms with Gasteiger partial charge in [0, 0.05) is 24.7 Å². The number of carbonyl (C=O) groups excluding carboxylic acids is 3. The highest BCUT2D eigenvalue weighted by atomic mass is 32.2. The van der Waals surface area contributed by atoms with Crippen LogP contribution < -0.4 is 25.6 Å². The molecule has 0 aliphatic carbocycles. The molecule has 0 unspecified atom stereocenters. The third-order valence-corrected chi connectivity index (χ3v) is 8.34. The third-order valence-electron chi connectivity index (χ3n) is 7.13. The fraction of sp³-hybridized carbons (Fsp3) is 0.290. The highest BCUT2D eigenvalue weighted by Gasteiger charge is 2.30. The van der Waals surface area contributed by atoms with Gasteiger partial charge in [-0.1, -0.05) is 60.7 Å². The molecule has 3 amide bonds. The predicted molar refractivity (Wildman–Crippen MR) is 168 cm³/mol. The van der Waals surface area contributed by atoms with Gasteiger partial charge in [0.1, 0.15) is 0 Å². The molecular weight excluding hydrogens is 584 g/mol. The summed E-state index contributed by atoms with van der Waals surface area (Å²) >= 11 is 0. The molecule has 0 bridgehead atoms. The molecule has 4 rings (SSSR count). The van der Waals surface area contributed by atoms with Crippen molar-refractivity contribution in [2.75, 3.05) is 30.7 Å². The standard InChI is InChI=1S/C31H36N6O6S/c1-20(22-12-8-5-9-13-22)34-28(39)23-17-24(19-25(18-23)37(2)44(3,42)43)29(40)35-26(16-21-10-6-4-7-11-21)27(38)30(41)36-31-32-14-15-33-31/h4-13,17-20,26-27,38H,14-16H2,1-3H3,(H,34,39)(H,35,40)(H2,32,33,36,41)/t20-,26+,27-/m1/s1. The van der Waals surface area contributed by atoms with Crippen molar-refractivity contribution >= 4 is 39.4 Å². The van der Waals surface area contributed by atoms with Crippen LogP contribution in [0.5, 0.6) is 0 Å². The zero-order chi connectivity index (χ0) is 31.9. The van der Waals surface area contributed by atoms with Crippen LogP contribution in [0.1, 0.15) is 44.8 Å². The van der Waals surface area contributed by atoms with E-state index in [-0.39, 0.29) is 35.2 Å². The highest BCUT2D eigenvalue weighted by molar-refractivity contribution is 7.92. The molecule has 232 valence electrons. The average molecular weight is 621 g/mol. The van der Waals surface area contributed by atoms with Gasteiger partial charge >= 0.3 is 0 Å². The van der Waals surface area contributed by atoms with Crippen LogP contribution in [0.2, 0.25) is 0 Å². The first-order valence-corrected chi connectivity index (χ1v) is 15.8. The largest absolute Gasteiger partial charge is 0.381 e. The molecule has 13 heteroatoms. The van der Waals surface area contributed by atoms with Crippen LogP contribution in [0.3, 0.4) is 0 Å². The van der Waals surface area contributed by atoms with E-state index in [4.69, 9.17) is 0 Å². The van der Waals surface area contributed by atoms with E-state index in [9.17, 15) is 27.9 Å². The van der Waals surface area contributed by atoms with Crippen LogP contribution in [0.25, 0.3) is 0 Å². The van der Waals surface area contributed by atoms with Crippen LogP contribution in [0.15, 0.2) is 83.9 Å². The lowest BCUT2D eigenvalue weighted by molar-refractivity contribution is -0.129. The van der Waals surface area contributed by atoms with Gasteiger partial charge in [-0.05, 0) is 42.7 Å². The van der Waals surface area contributed by atoms with Crippen molar-refractivity contribution in [3.63, 3.8) is 0 Å². The number of guanidine groups is 1. The van der Waals surface area contributed by atoms with Crippen LogP contribution >= 0.6 is 0 Å². The number of anilines is 1. The lowest BCUT2D eigenvalue weighted by Gasteiger charge is -2.25. The molecule has 1 heterocycles. The molecule has 0 saturated heterocycles. The number of hydrogen-bond donors (Lipinski definition) is 5. The van der Waals surface area contributed by atoms with Crippen molar-refractivity contribution in [1.82, 2.24) is 21.3 Å². The molecule has 1 aliphatic rings. The molecule has 3 atom stereocenters. The number of amides is 3. The van der Waals surface area contributed by atoms with Gasteiger partial charge in [0.25, 0.3) is 17.7 Å². The summed E-state index contributed by atoms with van der Waals surface area (Å²) in [5.41, 5.74) is 1.71. The lowest BCUT2D eigenvalue weighted by Crippen LogP contribution is -2.53. The molecule has 0 spiro atoms. The van der Waals surface area contributed by atoms with Crippen molar-refractivity contribution in [1.29, 1.82) is 0 Å². The van der Waals surface area contributed by atoms with E-state index in [1.54, 1.807) is 31.2 Å². The molecule has 3 aromatic carbocycles. The zero-order valence-corrected chi connectivity index (χ0v) is 25.5. The Morgan fingerprint density at radius 1 is 0.955 bits per heavy atom. The molecule has 5 N–H and O–H groups in total. The fourth-order valence-corrected chi connectivity index (χ4v) is 5.06. The number of aliphatic imine (C=N–C) groups is 1. The van der Waals surface area contributed by atoms with Gasteiger partial charge in [-0.3, -0.25) is 29.0 Å². The quantitative estimate of drug-likeness (QED) is 0.216. The summed E-state index contributed by atoms with van der Waals surface area (Å²) in [5, 5.41) is 22.0. The van der Waals surface area contributed by atoms with Crippen molar-refractivity contribution in [2.24, 2.45) is 4.99 Å². The van der Waals surface area contributed by atoms with Gasteiger partial charge in [-0.15, -0.1) is 0 Å². The maximum absolute atomic E-state index is 13.7. The number of hydrogen-bond acceptors (Lipinski definition) is 8. The van der Waals surface area contributed by atoms with E-state index in [2.05, 4.69) is 26.3 Å². The van der Waals surface area contributed by atoms with E-state index in [0.29, 0.717) is 13.1 Å². The molecule has 3 aromatic rings. The number of aliphatic hydroxyl groups is 1. The van der Waals surface area contributed by atoms with Gasteiger partial charge in [-0.25, -0.2) is 8.42 Å². The number of carbonyl (C=O) groups is 3. The maximum atomic E-state index is 13.7. The number of nitrogens with one attached hydrogen (secondary N) is 4. The van der Waals surface area contributed by atoms with Crippen molar-refractivity contribution in [2.45, 2.75) is 31.5 Å². The zero-order valence-electron chi connectivity index (χ0n) is 24.7. The molecule has 12 nitrogen and oxygen atoms in total. The molecule has 0 radical (unpaired) electrons. The minimum Gasteiger partial charge on any atom is -0.381 e. The predicted octanol–water partition coefficient (Wildman–Crippen LogP) is 1.35. The number of rotatable bonds is 11. The van der Waals surface area contributed by atoms with E-state index in [1.807, 2.05) is 36.4 Å². The Balaban J connectivity index is 1.64. The van der Waals surface area contributed by atoms with E-state index >= 15 is 0 Å². The van der Waals surface area contributed by atoms with Gasteiger partial charge in [-0.2, -0.15) is 0 Å². The maximum Gasteiger partial charge on any atom is 0.257 e. The smallest absolute Gasteiger partial charge is 0.257 e. The second-order valence-electron chi connectivity index (χ2n) is 10.5. The Bertz CT molecular complexity index is 1630. The summed E-state index contributed by atoms with van der Waals surface area (Å²) < 4.78 is 25.7. The first-order valence-electron chi connectivity index (χ1n) is 14.0. The molecule has 1 aliphatic heterocycles. The van der Waals surface area contributed by atoms with Crippen molar-refractivity contribution < 1.29 is 27.9 Å². The molecular formula is C31H36N6O6S.